The van der Waals surface area contributed by atoms with E-state index in [2.05, 4.69) is 90.8 Å². The molecule has 1 heteroatoms. The number of nitrogens with zero attached hydrogens (tertiary/aromatic N) is 1. The molecule has 0 bridgehead atoms. The van der Waals surface area contributed by atoms with Crippen molar-refractivity contribution in [1.82, 2.24) is 4.98 Å². The van der Waals surface area contributed by atoms with Crippen LogP contribution in [-0.4, -0.2) is 4.98 Å². The molecule has 0 aliphatic carbocycles. The second-order valence-electron chi connectivity index (χ2n) is 6.16. The standard InChI is InChI=1S/C24H19N/c1-18-16-17-25-24(23(18)21-10-6-3-7-11-21)22-14-12-20(13-15-22)19-8-4-2-5-9-19/h2-17H,1H3. The van der Waals surface area contributed by atoms with E-state index in [9.17, 15) is 0 Å². The minimum Gasteiger partial charge on any atom is -0.256 e. The van der Waals surface area contributed by atoms with Gasteiger partial charge in [-0.1, -0.05) is 84.9 Å². The molecule has 120 valence electrons. The largest absolute Gasteiger partial charge is 0.256 e. The number of hydrogen-bond acceptors (Lipinski definition) is 1. The smallest absolute Gasteiger partial charge is 0.0782 e. The summed E-state index contributed by atoms with van der Waals surface area (Å²) in [4.78, 5) is 4.69. The first-order valence-electron chi connectivity index (χ1n) is 8.50. The van der Waals surface area contributed by atoms with Gasteiger partial charge in [0, 0.05) is 17.3 Å². The third-order valence-corrected chi connectivity index (χ3v) is 4.49. The maximum absolute atomic E-state index is 4.69. The lowest BCUT2D eigenvalue weighted by molar-refractivity contribution is 1.29. The predicted octanol–water partition coefficient (Wildman–Crippen LogP) is 6.39. The summed E-state index contributed by atoms with van der Waals surface area (Å²) in [5, 5.41) is 0. The third kappa shape index (κ3) is 3.09. The van der Waals surface area contributed by atoms with Gasteiger partial charge in [0.15, 0.2) is 0 Å². The van der Waals surface area contributed by atoms with Crippen LogP contribution in [0, 0.1) is 6.92 Å². The predicted molar refractivity (Wildman–Crippen MR) is 105 cm³/mol. The number of hydrogen-bond donors (Lipinski definition) is 0. The highest BCUT2D eigenvalue weighted by molar-refractivity contribution is 5.83. The van der Waals surface area contributed by atoms with Gasteiger partial charge in [0.25, 0.3) is 0 Å². The van der Waals surface area contributed by atoms with Gasteiger partial charge >= 0.3 is 0 Å². The van der Waals surface area contributed by atoms with E-state index in [4.69, 9.17) is 0 Å². The van der Waals surface area contributed by atoms with Crippen LogP contribution in [0.25, 0.3) is 33.5 Å². The van der Waals surface area contributed by atoms with E-state index in [1.807, 2.05) is 18.3 Å². The Kier molecular flexibility index (Phi) is 4.14. The van der Waals surface area contributed by atoms with Gasteiger partial charge < -0.3 is 0 Å². The van der Waals surface area contributed by atoms with Crippen LogP contribution in [0.1, 0.15) is 5.56 Å². The van der Waals surface area contributed by atoms with Gasteiger partial charge in [0.2, 0.25) is 0 Å². The highest BCUT2D eigenvalue weighted by Crippen LogP contribution is 2.33. The first-order chi connectivity index (χ1) is 12.3. The third-order valence-electron chi connectivity index (χ3n) is 4.49. The van der Waals surface area contributed by atoms with Crippen LogP contribution in [0.4, 0.5) is 0 Å². The topological polar surface area (TPSA) is 12.9 Å². The second-order valence-corrected chi connectivity index (χ2v) is 6.16. The Morgan fingerprint density at radius 3 is 1.68 bits per heavy atom. The fourth-order valence-corrected chi connectivity index (χ4v) is 3.20. The molecule has 0 radical (unpaired) electrons. The fraction of sp³-hybridized carbons (Fsp3) is 0.0417. The SMILES string of the molecule is Cc1ccnc(-c2ccc(-c3ccccc3)cc2)c1-c1ccccc1. The highest BCUT2D eigenvalue weighted by atomic mass is 14.7. The Morgan fingerprint density at radius 2 is 1.04 bits per heavy atom. The Bertz CT molecular complexity index is 971. The van der Waals surface area contributed by atoms with Crippen molar-refractivity contribution < 1.29 is 0 Å². The molecule has 25 heavy (non-hydrogen) atoms. The van der Waals surface area contributed by atoms with Crippen molar-refractivity contribution in [2.24, 2.45) is 0 Å². The molecule has 0 amide bonds. The van der Waals surface area contributed by atoms with Gasteiger partial charge in [-0.15, -0.1) is 0 Å². The second kappa shape index (κ2) is 6.74. The molecule has 0 fully saturated rings. The molecule has 0 aliphatic rings. The minimum atomic E-state index is 1.03. The number of aryl methyl sites for hydroxylation is 1. The van der Waals surface area contributed by atoms with Crippen LogP contribution < -0.4 is 0 Å². The number of rotatable bonds is 3. The summed E-state index contributed by atoms with van der Waals surface area (Å²) in [5.41, 5.74) is 8.27. The first kappa shape index (κ1) is 15.3. The Balaban J connectivity index is 1.80. The summed E-state index contributed by atoms with van der Waals surface area (Å²) in [6, 6.07) is 31.7. The van der Waals surface area contributed by atoms with E-state index < -0.39 is 0 Å². The molecule has 3 aromatic carbocycles. The lowest BCUT2D eigenvalue weighted by Crippen LogP contribution is -1.92. The summed E-state index contributed by atoms with van der Waals surface area (Å²) in [5.74, 6) is 0. The molecule has 0 atom stereocenters. The van der Waals surface area contributed by atoms with E-state index in [1.54, 1.807) is 0 Å². The van der Waals surface area contributed by atoms with Gasteiger partial charge in [-0.05, 0) is 35.2 Å². The summed E-state index contributed by atoms with van der Waals surface area (Å²) >= 11 is 0. The van der Waals surface area contributed by atoms with Crippen molar-refractivity contribution in [2.45, 2.75) is 6.92 Å². The molecule has 0 saturated carbocycles. The summed E-state index contributed by atoms with van der Waals surface area (Å²) in [6.45, 7) is 2.14. The quantitative estimate of drug-likeness (QED) is 0.426. The lowest BCUT2D eigenvalue weighted by Gasteiger charge is -2.13. The zero-order valence-electron chi connectivity index (χ0n) is 14.2. The van der Waals surface area contributed by atoms with Crippen LogP contribution in [0.3, 0.4) is 0 Å². The highest BCUT2D eigenvalue weighted by Gasteiger charge is 2.11. The van der Waals surface area contributed by atoms with E-state index in [1.165, 1.54) is 27.8 Å². The molecule has 0 aliphatic heterocycles. The van der Waals surface area contributed by atoms with Crippen LogP contribution in [0.2, 0.25) is 0 Å². The zero-order valence-corrected chi connectivity index (χ0v) is 14.2. The fourth-order valence-electron chi connectivity index (χ4n) is 3.20. The lowest BCUT2D eigenvalue weighted by atomic mass is 9.94. The molecule has 1 heterocycles. The molecule has 0 N–H and O–H groups in total. The maximum atomic E-state index is 4.69. The molecule has 0 unspecified atom stereocenters. The van der Waals surface area contributed by atoms with Crippen LogP contribution in [0.5, 0.6) is 0 Å². The molecule has 4 aromatic rings. The van der Waals surface area contributed by atoms with E-state index in [-0.39, 0.29) is 0 Å². The zero-order chi connectivity index (χ0) is 17.1. The Morgan fingerprint density at radius 1 is 0.520 bits per heavy atom. The minimum absolute atomic E-state index is 1.03. The van der Waals surface area contributed by atoms with Crippen LogP contribution >= 0.6 is 0 Å². The molecular weight excluding hydrogens is 302 g/mol. The average molecular weight is 321 g/mol. The van der Waals surface area contributed by atoms with Crippen LogP contribution in [0.15, 0.2) is 97.2 Å². The van der Waals surface area contributed by atoms with E-state index >= 15 is 0 Å². The molecule has 0 spiro atoms. The van der Waals surface area contributed by atoms with Gasteiger partial charge in [-0.25, -0.2) is 0 Å². The van der Waals surface area contributed by atoms with Crippen molar-refractivity contribution in [2.75, 3.05) is 0 Å². The number of pyridine rings is 1. The molecule has 4 rings (SSSR count). The first-order valence-corrected chi connectivity index (χ1v) is 8.50. The van der Waals surface area contributed by atoms with Gasteiger partial charge in [-0.3, -0.25) is 4.98 Å². The normalized spacial score (nSPS) is 10.6. The van der Waals surface area contributed by atoms with Gasteiger partial charge in [-0.2, -0.15) is 0 Å². The van der Waals surface area contributed by atoms with Crippen LogP contribution in [-0.2, 0) is 0 Å². The van der Waals surface area contributed by atoms with Crippen molar-refractivity contribution >= 4 is 0 Å². The van der Waals surface area contributed by atoms with Crippen molar-refractivity contribution in [1.29, 1.82) is 0 Å². The van der Waals surface area contributed by atoms with Crippen molar-refractivity contribution in [3.8, 4) is 33.5 Å². The summed E-state index contributed by atoms with van der Waals surface area (Å²) in [6.07, 6.45) is 1.89. The van der Waals surface area contributed by atoms with Gasteiger partial charge in [0.1, 0.15) is 0 Å². The molecular formula is C24H19N. The monoisotopic (exact) mass is 321 g/mol. The van der Waals surface area contributed by atoms with Crippen molar-refractivity contribution in [3.05, 3.63) is 103 Å². The summed E-state index contributed by atoms with van der Waals surface area (Å²) < 4.78 is 0. The Hall–Kier alpha value is -3.19. The number of benzene rings is 3. The molecule has 1 nitrogen and oxygen atoms in total. The van der Waals surface area contributed by atoms with E-state index in [0.29, 0.717) is 0 Å². The van der Waals surface area contributed by atoms with Crippen molar-refractivity contribution in [3.63, 3.8) is 0 Å². The molecule has 1 aromatic heterocycles. The van der Waals surface area contributed by atoms with E-state index in [0.717, 1.165) is 11.3 Å². The molecule has 0 saturated heterocycles. The van der Waals surface area contributed by atoms with Gasteiger partial charge in [0.05, 0.1) is 5.69 Å². The average Bonchev–Trinajstić information content (AvgIpc) is 2.69. The maximum Gasteiger partial charge on any atom is 0.0782 e. The summed E-state index contributed by atoms with van der Waals surface area (Å²) in [7, 11) is 0. The Labute approximate surface area is 148 Å². The number of aromatic nitrogens is 1.